The summed E-state index contributed by atoms with van der Waals surface area (Å²) in [5.74, 6) is 0.433. The van der Waals surface area contributed by atoms with Gasteiger partial charge in [-0.15, -0.1) is 0 Å². The predicted octanol–water partition coefficient (Wildman–Crippen LogP) is -0.289. The summed E-state index contributed by atoms with van der Waals surface area (Å²) in [4.78, 5) is 4.91. The normalized spacial score (nSPS) is 35.7. The van der Waals surface area contributed by atoms with Crippen LogP contribution in [-0.4, -0.2) is 29.8 Å². The standard InChI is InChI=1S/C6H14N2O2/c1-4(2)5-7-6(9)10-8(5)3/h4-7,9H,1-3H3. The van der Waals surface area contributed by atoms with E-state index in [4.69, 9.17) is 9.94 Å². The van der Waals surface area contributed by atoms with Gasteiger partial charge in [0.25, 0.3) is 0 Å². The predicted molar refractivity (Wildman–Crippen MR) is 36.6 cm³/mol. The molecule has 60 valence electrons. The first kappa shape index (κ1) is 7.94. The Morgan fingerprint density at radius 2 is 2.20 bits per heavy atom. The lowest BCUT2D eigenvalue weighted by atomic mass is 10.1. The first-order valence-electron chi connectivity index (χ1n) is 3.45. The number of nitrogens with one attached hydrogen (secondary N) is 1. The third-order valence-electron chi connectivity index (χ3n) is 1.60. The minimum Gasteiger partial charge on any atom is -0.355 e. The summed E-state index contributed by atoms with van der Waals surface area (Å²) < 4.78 is 0. The highest BCUT2D eigenvalue weighted by Gasteiger charge is 2.30. The summed E-state index contributed by atoms with van der Waals surface area (Å²) >= 11 is 0. The van der Waals surface area contributed by atoms with Crippen LogP contribution in [0.2, 0.25) is 0 Å². The fourth-order valence-corrected chi connectivity index (χ4v) is 1.12. The van der Waals surface area contributed by atoms with Gasteiger partial charge in [-0.25, -0.2) is 5.32 Å². The highest BCUT2D eigenvalue weighted by molar-refractivity contribution is 4.68. The number of aliphatic hydroxyl groups is 1. The molecule has 1 heterocycles. The second-order valence-corrected chi connectivity index (χ2v) is 2.86. The highest BCUT2D eigenvalue weighted by atomic mass is 16.8. The van der Waals surface area contributed by atoms with Crippen molar-refractivity contribution in [2.45, 2.75) is 26.4 Å². The lowest BCUT2D eigenvalue weighted by Gasteiger charge is -2.19. The Hall–Kier alpha value is -0.160. The Morgan fingerprint density at radius 3 is 2.40 bits per heavy atom. The third kappa shape index (κ3) is 1.46. The summed E-state index contributed by atoms with van der Waals surface area (Å²) in [5, 5.41) is 13.4. The molecule has 4 heteroatoms. The second-order valence-electron chi connectivity index (χ2n) is 2.86. The van der Waals surface area contributed by atoms with Crippen molar-refractivity contribution in [3.05, 3.63) is 0 Å². The van der Waals surface area contributed by atoms with Crippen molar-refractivity contribution in [3.63, 3.8) is 0 Å². The molecule has 1 aliphatic rings. The van der Waals surface area contributed by atoms with E-state index < -0.39 is 6.41 Å². The molecule has 1 aliphatic heterocycles. The van der Waals surface area contributed by atoms with Gasteiger partial charge in [0.1, 0.15) is 0 Å². The van der Waals surface area contributed by atoms with Crippen LogP contribution in [0.4, 0.5) is 0 Å². The molecular formula is C6H14N2O2. The van der Waals surface area contributed by atoms with E-state index in [0.717, 1.165) is 0 Å². The number of nitrogens with zero attached hydrogens (tertiary/aromatic N) is 1. The minimum atomic E-state index is -0.836. The van der Waals surface area contributed by atoms with Gasteiger partial charge in [-0.3, -0.25) is 4.84 Å². The van der Waals surface area contributed by atoms with Crippen molar-refractivity contribution in [1.29, 1.82) is 0 Å². The van der Waals surface area contributed by atoms with Crippen LogP contribution >= 0.6 is 0 Å². The molecule has 0 aromatic rings. The molecule has 2 unspecified atom stereocenters. The number of hydrogen-bond donors (Lipinski definition) is 2. The average molecular weight is 146 g/mol. The van der Waals surface area contributed by atoms with E-state index in [0.29, 0.717) is 5.92 Å². The summed E-state index contributed by atoms with van der Waals surface area (Å²) in [6.07, 6.45) is -0.715. The molecule has 0 spiro atoms. The maximum atomic E-state index is 8.94. The van der Waals surface area contributed by atoms with E-state index in [1.54, 1.807) is 12.1 Å². The highest BCUT2D eigenvalue weighted by Crippen LogP contribution is 2.13. The Bertz CT molecular complexity index is 118. The van der Waals surface area contributed by atoms with Crippen molar-refractivity contribution in [2.75, 3.05) is 7.05 Å². The molecule has 0 amide bonds. The monoisotopic (exact) mass is 146 g/mol. The van der Waals surface area contributed by atoms with Gasteiger partial charge in [0.15, 0.2) is 0 Å². The number of aliphatic hydroxyl groups excluding tert-OH is 1. The van der Waals surface area contributed by atoms with Gasteiger partial charge in [-0.05, 0) is 5.92 Å². The summed E-state index contributed by atoms with van der Waals surface area (Å²) in [7, 11) is 1.80. The van der Waals surface area contributed by atoms with Crippen molar-refractivity contribution in [2.24, 2.45) is 5.92 Å². The zero-order valence-electron chi connectivity index (χ0n) is 6.53. The third-order valence-corrected chi connectivity index (χ3v) is 1.60. The van der Waals surface area contributed by atoms with Gasteiger partial charge < -0.3 is 5.11 Å². The van der Waals surface area contributed by atoms with Gasteiger partial charge in [0.2, 0.25) is 6.41 Å². The fraction of sp³-hybridized carbons (Fsp3) is 1.00. The van der Waals surface area contributed by atoms with Gasteiger partial charge in [-0.2, -0.15) is 5.06 Å². The second kappa shape index (κ2) is 2.84. The lowest BCUT2D eigenvalue weighted by Crippen LogP contribution is -2.38. The lowest BCUT2D eigenvalue weighted by molar-refractivity contribution is -0.213. The Labute approximate surface area is 60.7 Å². The molecule has 1 saturated heterocycles. The van der Waals surface area contributed by atoms with Gasteiger partial charge in [0.05, 0.1) is 6.17 Å². The molecule has 0 aromatic carbocycles. The Morgan fingerprint density at radius 1 is 1.60 bits per heavy atom. The molecule has 0 bridgehead atoms. The molecule has 2 N–H and O–H groups in total. The fourth-order valence-electron chi connectivity index (χ4n) is 1.12. The van der Waals surface area contributed by atoms with Crippen LogP contribution in [0.25, 0.3) is 0 Å². The molecular weight excluding hydrogens is 132 g/mol. The van der Waals surface area contributed by atoms with Crippen molar-refractivity contribution < 1.29 is 9.94 Å². The average Bonchev–Trinajstić information content (AvgIpc) is 2.10. The van der Waals surface area contributed by atoms with Crippen LogP contribution in [0.1, 0.15) is 13.8 Å². The maximum Gasteiger partial charge on any atom is 0.233 e. The van der Waals surface area contributed by atoms with Crippen LogP contribution in [0.15, 0.2) is 0 Å². The molecule has 1 rings (SSSR count). The van der Waals surface area contributed by atoms with E-state index in [2.05, 4.69) is 19.2 Å². The van der Waals surface area contributed by atoms with Gasteiger partial charge in [-0.1, -0.05) is 13.8 Å². The summed E-state index contributed by atoms with van der Waals surface area (Å²) in [6.45, 7) is 4.13. The van der Waals surface area contributed by atoms with Crippen LogP contribution in [0.3, 0.4) is 0 Å². The quantitative estimate of drug-likeness (QED) is 0.533. The van der Waals surface area contributed by atoms with Crippen molar-refractivity contribution in [3.8, 4) is 0 Å². The zero-order chi connectivity index (χ0) is 7.72. The molecule has 1 fully saturated rings. The zero-order valence-corrected chi connectivity index (χ0v) is 6.53. The summed E-state index contributed by atoms with van der Waals surface area (Å²) in [6, 6.07) is 0. The van der Waals surface area contributed by atoms with E-state index in [1.807, 2.05) is 0 Å². The van der Waals surface area contributed by atoms with E-state index in [1.165, 1.54) is 0 Å². The van der Waals surface area contributed by atoms with Crippen LogP contribution in [-0.2, 0) is 4.84 Å². The SMILES string of the molecule is CC(C)C1NC(O)ON1C. The molecule has 0 radical (unpaired) electrons. The Kier molecular flexibility index (Phi) is 2.25. The molecule has 0 aliphatic carbocycles. The first-order valence-corrected chi connectivity index (χ1v) is 3.45. The van der Waals surface area contributed by atoms with Gasteiger partial charge >= 0.3 is 0 Å². The molecule has 10 heavy (non-hydrogen) atoms. The van der Waals surface area contributed by atoms with Crippen LogP contribution in [0.5, 0.6) is 0 Å². The first-order chi connectivity index (χ1) is 4.61. The minimum absolute atomic E-state index is 0.120. The van der Waals surface area contributed by atoms with Crippen LogP contribution in [0, 0.1) is 5.92 Å². The van der Waals surface area contributed by atoms with Crippen molar-refractivity contribution >= 4 is 0 Å². The number of hydroxylamine groups is 2. The smallest absolute Gasteiger partial charge is 0.233 e. The molecule has 0 aromatic heterocycles. The molecule has 2 atom stereocenters. The molecule has 4 nitrogen and oxygen atoms in total. The largest absolute Gasteiger partial charge is 0.355 e. The van der Waals surface area contributed by atoms with Crippen LogP contribution < -0.4 is 5.32 Å². The van der Waals surface area contributed by atoms with Gasteiger partial charge in [0, 0.05) is 7.05 Å². The summed E-state index contributed by atoms with van der Waals surface area (Å²) in [5.41, 5.74) is 0. The van der Waals surface area contributed by atoms with E-state index in [9.17, 15) is 0 Å². The topological polar surface area (TPSA) is 44.7 Å². The maximum absolute atomic E-state index is 8.94. The van der Waals surface area contributed by atoms with Crippen molar-refractivity contribution in [1.82, 2.24) is 10.4 Å². The molecule has 0 saturated carbocycles. The van der Waals surface area contributed by atoms with E-state index >= 15 is 0 Å². The Balaban J connectivity index is 2.46. The number of hydrogen-bond acceptors (Lipinski definition) is 4. The number of rotatable bonds is 1. The van der Waals surface area contributed by atoms with E-state index in [-0.39, 0.29) is 6.17 Å².